The largest absolute Gasteiger partial charge is 0.340 e. The van der Waals surface area contributed by atoms with Gasteiger partial charge < -0.3 is 4.90 Å². The molecule has 0 spiro atoms. The molecule has 3 fully saturated rings. The van der Waals surface area contributed by atoms with Crippen LogP contribution in [0.5, 0.6) is 0 Å². The first-order valence-corrected chi connectivity index (χ1v) is 11.8. The van der Waals surface area contributed by atoms with E-state index in [9.17, 15) is 4.79 Å². The predicted molar refractivity (Wildman–Crippen MR) is 123 cm³/mol. The molecule has 0 N–H and O–H groups in total. The van der Waals surface area contributed by atoms with E-state index in [-0.39, 0.29) is 0 Å². The molecule has 3 aliphatic rings. The Bertz CT molecular complexity index is 970. The Labute approximate surface area is 185 Å². The molecule has 0 amide bonds. The van der Waals surface area contributed by atoms with Crippen molar-refractivity contribution in [3.05, 3.63) is 53.3 Å². The Morgan fingerprint density at radius 2 is 1.65 bits per heavy atom. The van der Waals surface area contributed by atoms with E-state index >= 15 is 0 Å². The molecular weight excluding hydrogens is 382 g/mol. The molecule has 0 radical (unpaired) electrons. The SMILES string of the molecule is CC(CC(=O)C1CC1)Cc1ccc(C#Cc2cnc(N3CC4CCCC4C3)nc2)cc1. The number of Topliss-reactive ketones (excluding diaryl/α,β-unsaturated/α-hetero) is 1. The molecule has 2 saturated carbocycles. The minimum Gasteiger partial charge on any atom is -0.340 e. The maximum atomic E-state index is 12.0. The van der Waals surface area contributed by atoms with Crippen molar-refractivity contribution in [2.75, 3.05) is 18.0 Å². The van der Waals surface area contributed by atoms with Crippen LogP contribution in [0.15, 0.2) is 36.7 Å². The van der Waals surface area contributed by atoms with Crippen LogP contribution in [0.3, 0.4) is 0 Å². The standard InChI is InChI=1S/C27H31N3O/c1-19(14-26(31)23-11-12-23)13-21-8-5-20(6-9-21)7-10-22-15-28-27(29-16-22)30-17-24-3-2-4-25(24)18-30/h5-6,8-9,15-16,19,23-25H,2-4,11-14,17-18H2,1H3. The Hall–Kier alpha value is -2.67. The molecule has 4 heteroatoms. The minimum atomic E-state index is 0.369. The summed E-state index contributed by atoms with van der Waals surface area (Å²) in [6.07, 6.45) is 11.7. The Kier molecular flexibility index (Phi) is 5.76. The second-order valence-corrected chi connectivity index (χ2v) is 9.83. The maximum absolute atomic E-state index is 12.0. The molecule has 1 aromatic heterocycles. The number of ketones is 1. The van der Waals surface area contributed by atoms with Crippen molar-refractivity contribution in [3.63, 3.8) is 0 Å². The molecule has 3 unspecified atom stereocenters. The number of anilines is 1. The Morgan fingerprint density at radius 3 is 2.29 bits per heavy atom. The van der Waals surface area contributed by atoms with Gasteiger partial charge in [0.2, 0.25) is 5.95 Å². The zero-order chi connectivity index (χ0) is 21.2. The summed E-state index contributed by atoms with van der Waals surface area (Å²) in [4.78, 5) is 23.5. The van der Waals surface area contributed by atoms with Gasteiger partial charge in [-0.1, -0.05) is 37.3 Å². The molecular formula is C27H31N3O. The topological polar surface area (TPSA) is 46.1 Å². The first kappa shape index (κ1) is 20.2. The second-order valence-electron chi connectivity index (χ2n) is 9.83. The van der Waals surface area contributed by atoms with Crippen molar-refractivity contribution in [1.82, 2.24) is 9.97 Å². The van der Waals surface area contributed by atoms with Crippen molar-refractivity contribution in [2.45, 2.75) is 51.9 Å². The van der Waals surface area contributed by atoms with Gasteiger partial charge in [0.15, 0.2) is 0 Å². The van der Waals surface area contributed by atoms with Crippen molar-refractivity contribution in [2.24, 2.45) is 23.7 Å². The number of benzene rings is 1. The molecule has 1 aromatic carbocycles. The van der Waals surface area contributed by atoms with Gasteiger partial charge in [0, 0.05) is 43.4 Å². The van der Waals surface area contributed by atoms with Crippen LogP contribution in [0.2, 0.25) is 0 Å². The fourth-order valence-electron chi connectivity index (χ4n) is 5.21. The fourth-order valence-corrected chi connectivity index (χ4v) is 5.21. The summed E-state index contributed by atoms with van der Waals surface area (Å²) in [5.41, 5.74) is 3.10. The summed E-state index contributed by atoms with van der Waals surface area (Å²) in [7, 11) is 0. The molecule has 0 bridgehead atoms. The van der Waals surface area contributed by atoms with Crippen LogP contribution in [0.4, 0.5) is 5.95 Å². The monoisotopic (exact) mass is 413 g/mol. The van der Waals surface area contributed by atoms with Crippen molar-refractivity contribution in [1.29, 1.82) is 0 Å². The molecule has 160 valence electrons. The van der Waals surface area contributed by atoms with Crippen LogP contribution in [-0.4, -0.2) is 28.8 Å². The molecule has 3 atom stereocenters. The molecule has 2 aliphatic carbocycles. The zero-order valence-corrected chi connectivity index (χ0v) is 18.4. The highest BCUT2D eigenvalue weighted by Gasteiger charge is 2.36. The smallest absolute Gasteiger partial charge is 0.225 e. The molecule has 1 aliphatic heterocycles. The molecule has 2 heterocycles. The number of hydrogen-bond acceptors (Lipinski definition) is 4. The van der Waals surface area contributed by atoms with Crippen LogP contribution in [0.25, 0.3) is 0 Å². The van der Waals surface area contributed by atoms with Gasteiger partial charge in [-0.05, 0) is 67.6 Å². The number of aromatic nitrogens is 2. The van der Waals surface area contributed by atoms with Crippen LogP contribution in [-0.2, 0) is 11.2 Å². The number of nitrogens with zero attached hydrogens (tertiary/aromatic N) is 3. The summed E-state index contributed by atoms with van der Waals surface area (Å²) in [5.74, 6) is 10.2. The summed E-state index contributed by atoms with van der Waals surface area (Å²) in [6.45, 7) is 4.39. The molecule has 5 rings (SSSR count). The molecule has 31 heavy (non-hydrogen) atoms. The van der Waals surface area contributed by atoms with E-state index in [0.717, 1.165) is 61.3 Å². The van der Waals surface area contributed by atoms with Crippen molar-refractivity contribution in [3.8, 4) is 11.8 Å². The summed E-state index contributed by atoms with van der Waals surface area (Å²) < 4.78 is 0. The van der Waals surface area contributed by atoms with Gasteiger partial charge in [0.05, 0.1) is 5.56 Å². The normalized spacial score (nSPS) is 23.2. The average Bonchev–Trinajstić information content (AvgIpc) is 3.41. The van der Waals surface area contributed by atoms with Gasteiger partial charge >= 0.3 is 0 Å². The Balaban J connectivity index is 1.15. The van der Waals surface area contributed by atoms with Crippen LogP contribution < -0.4 is 4.90 Å². The van der Waals surface area contributed by atoms with E-state index in [2.05, 4.69) is 57.9 Å². The minimum absolute atomic E-state index is 0.369. The highest BCUT2D eigenvalue weighted by molar-refractivity contribution is 5.83. The van der Waals surface area contributed by atoms with Gasteiger partial charge in [-0.3, -0.25) is 4.79 Å². The van der Waals surface area contributed by atoms with Gasteiger partial charge in [-0.15, -0.1) is 0 Å². The predicted octanol–water partition coefficient (Wildman–Crippen LogP) is 4.66. The lowest BCUT2D eigenvalue weighted by Crippen LogP contribution is -2.22. The first-order valence-electron chi connectivity index (χ1n) is 11.8. The lowest BCUT2D eigenvalue weighted by atomic mass is 9.94. The third kappa shape index (κ3) is 4.98. The quantitative estimate of drug-likeness (QED) is 0.646. The number of rotatable bonds is 6. The van der Waals surface area contributed by atoms with E-state index in [1.807, 2.05) is 12.4 Å². The highest BCUT2D eigenvalue weighted by atomic mass is 16.1. The van der Waals surface area contributed by atoms with Crippen LogP contribution in [0.1, 0.15) is 62.1 Å². The summed E-state index contributed by atoms with van der Waals surface area (Å²) in [6, 6.07) is 8.39. The summed E-state index contributed by atoms with van der Waals surface area (Å²) in [5, 5.41) is 0. The number of hydrogen-bond donors (Lipinski definition) is 0. The third-order valence-corrected chi connectivity index (χ3v) is 7.12. The number of fused-ring (bicyclic) bond motifs is 1. The van der Waals surface area contributed by atoms with Gasteiger partial charge in [0.25, 0.3) is 0 Å². The lowest BCUT2D eigenvalue weighted by molar-refractivity contribution is -0.121. The summed E-state index contributed by atoms with van der Waals surface area (Å²) >= 11 is 0. The van der Waals surface area contributed by atoms with Gasteiger partial charge in [-0.25, -0.2) is 9.97 Å². The van der Waals surface area contributed by atoms with E-state index in [4.69, 9.17) is 0 Å². The van der Waals surface area contributed by atoms with E-state index in [1.54, 1.807) is 0 Å². The van der Waals surface area contributed by atoms with Crippen LogP contribution in [0, 0.1) is 35.5 Å². The van der Waals surface area contributed by atoms with E-state index in [0.29, 0.717) is 24.0 Å². The van der Waals surface area contributed by atoms with Gasteiger partial charge in [0.1, 0.15) is 5.78 Å². The first-order chi connectivity index (χ1) is 15.1. The fraction of sp³-hybridized carbons (Fsp3) is 0.519. The average molecular weight is 414 g/mol. The number of carbonyl (C=O) groups excluding carboxylic acids is 1. The van der Waals surface area contributed by atoms with Crippen molar-refractivity contribution < 1.29 is 4.79 Å². The lowest BCUT2D eigenvalue weighted by Gasteiger charge is -2.16. The van der Waals surface area contributed by atoms with Crippen LogP contribution >= 0.6 is 0 Å². The number of carbonyl (C=O) groups is 1. The molecule has 2 aromatic rings. The molecule has 4 nitrogen and oxygen atoms in total. The van der Waals surface area contributed by atoms with Crippen molar-refractivity contribution >= 4 is 11.7 Å². The maximum Gasteiger partial charge on any atom is 0.225 e. The van der Waals surface area contributed by atoms with E-state index < -0.39 is 0 Å². The third-order valence-electron chi connectivity index (χ3n) is 7.12. The second kappa shape index (κ2) is 8.83. The zero-order valence-electron chi connectivity index (χ0n) is 18.4. The highest BCUT2D eigenvalue weighted by Crippen LogP contribution is 2.38. The van der Waals surface area contributed by atoms with Gasteiger partial charge in [-0.2, -0.15) is 0 Å². The molecule has 1 saturated heterocycles. The Morgan fingerprint density at radius 1 is 1.00 bits per heavy atom. The van der Waals surface area contributed by atoms with E-state index in [1.165, 1.54) is 24.8 Å².